The molecule has 1 atom stereocenters. The fourth-order valence-electron chi connectivity index (χ4n) is 1.72. The fourth-order valence-corrected chi connectivity index (χ4v) is 2.60. The van der Waals surface area contributed by atoms with Gasteiger partial charge in [-0.05, 0) is 17.5 Å². The van der Waals surface area contributed by atoms with Gasteiger partial charge < -0.3 is 14.4 Å². The molecule has 1 aliphatic heterocycles. The Morgan fingerprint density at radius 2 is 2.47 bits per heavy atom. The van der Waals surface area contributed by atoms with Gasteiger partial charge in [0.1, 0.15) is 6.54 Å². The number of carbonyl (C=O) groups is 1. The molecule has 106 valence electrons. The molecule has 1 fully saturated rings. The Morgan fingerprint density at radius 1 is 1.63 bits per heavy atom. The number of morpholine rings is 1. The lowest BCUT2D eigenvalue weighted by Gasteiger charge is -2.29. The summed E-state index contributed by atoms with van der Waals surface area (Å²) in [5.41, 5.74) is 0. The van der Waals surface area contributed by atoms with E-state index in [0.29, 0.717) is 5.16 Å². The molecule has 0 amide bonds. The van der Waals surface area contributed by atoms with E-state index in [-0.39, 0.29) is 18.6 Å². The van der Waals surface area contributed by atoms with Crippen LogP contribution in [-0.4, -0.2) is 76.8 Å². The largest absolute Gasteiger partial charge is 0.468 e. The minimum absolute atomic E-state index is 0.0251. The topological polar surface area (TPSA) is 82.4 Å². The van der Waals surface area contributed by atoms with Gasteiger partial charge in [-0.2, -0.15) is 0 Å². The van der Waals surface area contributed by atoms with Gasteiger partial charge >= 0.3 is 5.97 Å². The molecular formula is C10H17N5O3S. The number of carbonyl (C=O) groups excluding carboxylic acids is 1. The Bertz CT molecular complexity index is 427. The van der Waals surface area contributed by atoms with Crippen LogP contribution in [0.1, 0.15) is 0 Å². The highest BCUT2D eigenvalue weighted by molar-refractivity contribution is 7.99. The summed E-state index contributed by atoms with van der Waals surface area (Å²) in [6.07, 6.45) is 0.159. The van der Waals surface area contributed by atoms with Gasteiger partial charge in [-0.1, -0.05) is 11.8 Å². The number of hydrogen-bond acceptors (Lipinski definition) is 8. The number of hydrogen-bond donors (Lipinski definition) is 0. The van der Waals surface area contributed by atoms with Crippen molar-refractivity contribution in [1.29, 1.82) is 0 Å². The van der Waals surface area contributed by atoms with E-state index in [1.54, 1.807) is 0 Å². The van der Waals surface area contributed by atoms with E-state index in [0.717, 1.165) is 25.4 Å². The number of thioether (sulfide) groups is 1. The molecule has 0 N–H and O–H groups in total. The van der Waals surface area contributed by atoms with Crippen molar-refractivity contribution in [2.45, 2.75) is 17.8 Å². The lowest BCUT2D eigenvalue weighted by Crippen LogP contribution is -2.41. The second-order valence-electron chi connectivity index (χ2n) is 4.26. The summed E-state index contributed by atoms with van der Waals surface area (Å²) in [6.45, 7) is 2.62. The predicted molar refractivity (Wildman–Crippen MR) is 67.8 cm³/mol. The predicted octanol–water partition coefficient (Wildman–Crippen LogP) is -0.731. The second-order valence-corrected chi connectivity index (χ2v) is 5.25. The summed E-state index contributed by atoms with van der Waals surface area (Å²) in [6, 6.07) is 0. The van der Waals surface area contributed by atoms with Crippen molar-refractivity contribution in [2.75, 3.05) is 39.6 Å². The summed E-state index contributed by atoms with van der Waals surface area (Å²) in [5, 5.41) is 11.8. The van der Waals surface area contributed by atoms with Gasteiger partial charge in [0.2, 0.25) is 5.16 Å². The van der Waals surface area contributed by atoms with Gasteiger partial charge in [0, 0.05) is 18.8 Å². The molecule has 2 rings (SSSR count). The van der Waals surface area contributed by atoms with Crippen molar-refractivity contribution in [3.63, 3.8) is 0 Å². The molecule has 9 heteroatoms. The average molecular weight is 287 g/mol. The van der Waals surface area contributed by atoms with Crippen LogP contribution in [0, 0.1) is 0 Å². The molecule has 8 nitrogen and oxygen atoms in total. The molecule has 0 aliphatic carbocycles. The molecule has 1 aromatic rings. The SMILES string of the molecule is COC(=O)Cn1nnnc1SCC1CN(C)CCO1. The minimum atomic E-state index is -0.372. The van der Waals surface area contributed by atoms with Crippen LogP contribution in [0.5, 0.6) is 0 Å². The lowest BCUT2D eigenvalue weighted by atomic mass is 10.3. The molecule has 1 aromatic heterocycles. The van der Waals surface area contributed by atoms with Gasteiger partial charge in [-0.15, -0.1) is 5.10 Å². The number of likely N-dealkylation sites (N-methyl/N-ethyl adjacent to an activating group) is 1. The molecule has 0 bridgehead atoms. The highest BCUT2D eigenvalue weighted by atomic mass is 32.2. The molecule has 19 heavy (non-hydrogen) atoms. The number of methoxy groups -OCH3 is 1. The third-order valence-corrected chi connectivity index (χ3v) is 3.83. The average Bonchev–Trinajstić information content (AvgIpc) is 2.83. The van der Waals surface area contributed by atoms with Crippen molar-refractivity contribution in [3.05, 3.63) is 0 Å². The smallest absolute Gasteiger partial charge is 0.327 e. The molecular weight excluding hydrogens is 270 g/mol. The van der Waals surface area contributed by atoms with Crippen LogP contribution in [0.15, 0.2) is 5.16 Å². The summed E-state index contributed by atoms with van der Waals surface area (Å²) in [4.78, 5) is 13.4. The molecule has 0 saturated carbocycles. The lowest BCUT2D eigenvalue weighted by molar-refractivity contribution is -0.141. The number of ether oxygens (including phenoxy) is 2. The van der Waals surface area contributed by atoms with Gasteiger partial charge in [0.25, 0.3) is 0 Å². The van der Waals surface area contributed by atoms with E-state index in [1.165, 1.54) is 23.6 Å². The van der Waals surface area contributed by atoms with Crippen molar-refractivity contribution < 1.29 is 14.3 Å². The Balaban J connectivity index is 1.85. The molecule has 0 aromatic carbocycles. The highest BCUT2D eigenvalue weighted by Gasteiger charge is 2.19. The van der Waals surface area contributed by atoms with Crippen LogP contribution in [0.2, 0.25) is 0 Å². The number of rotatable bonds is 5. The van der Waals surface area contributed by atoms with Crippen molar-refractivity contribution >= 4 is 17.7 Å². The Morgan fingerprint density at radius 3 is 3.21 bits per heavy atom. The summed E-state index contributed by atoms with van der Waals surface area (Å²) >= 11 is 1.48. The maximum Gasteiger partial charge on any atom is 0.327 e. The van der Waals surface area contributed by atoms with Gasteiger partial charge in [-0.3, -0.25) is 4.79 Å². The van der Waals surface area contributed by atoms with E-state index in [2.05, 4.69) is 32.2 Å². The van der Waals surface area contributed by atoms with Crippen LogP contribution >= 0.6 is 11.8 Å². The monoisotopic (exact) mass is 287 g/mol. The first kappa shape index (κ1) is 14.2. The zero-order chi connectivity index (χ0) is 13.7. The van der Waals surface area contributed by atoms with Crippen LogP contribution < -0.4 is 0 Å². The number of aromatic nitrogens is 4. The molecule has 0 radical (unpaired) electrons. The Hall–Kier alpha value is -1.19. The maximum atomic E-state index is 11.2. The molecule has 1 aliphatic rings. The normalized spacial score (nSPS) is 20.4. The summed E-state index contributed by atoms with van der Waals surface area (Å²) in [7, 11) is 3.41. The van der Waals surface area contributed by atoms with Crippen LogP contribution in [-0.2, 0) is 20.8 Å². The van der Waals surface area contributed by atoms with E-state index < -0.39 is 0 Å². The summed E-state index contributed by atoms with van der Waals surface area (Å²) in [5.74, 6) is 0.383. The van der Waals surface area contributed by atoms with Crippen molar-refractivity contribution in [2.24, 2.45) is 0 Å². The highest BCUT2D eigenvalue weighted by Crippen LogP contribution is 2.17. The van der Waals surface area contributed by atoms with Gasteiger partial charge in [0.15, 0.2) is 0 Å². The third-order valence-electron chi connectivity index (χ3n) is 2.75. The molecule has 2 heterocycles. The zero-order valence-corrected chi connectivity index (χ0v) is 11.8. The third kappa shape index (κ3) is 4.15. The molecule has 0 spiro atoms. The standard InChI is InChI=1S/C10H17N5O3S/c1-14-3-4-18-8(5-14)7-19-10-11-12-13-15(10)6-9(16)17-2/h8H,3-7H2,1-2H3. The van der Waals surface area contributed by atoms with E-state index in [1.807, 2.05) is 0 Å². The second kappa shape index (κ2) is 6.83. The number of nitrogens with zero attached hydrogens (tertiary/aromatic N) is 5. The van der Waals surface area contributed by atoms with Crippen LogP contribution in [0.3, 0.4) is 0 Å². The quantitative estimate of drug-likeness (QED) is 0.518. The van der Waals surface area contributed by atoms with E-state index >= 15 is 0 Å². The van der Waals surface area contributed by atoms with Crippen LogP contribution in [0.25, 0.3) is 0 Å². The Labute approximate surface area is 115 Å². The maximum absolute atomic E-state index is 11.2. The van der Waals surface area contributed by atoms with E-state index in [4.69, 9.17) is 4.74 Å². The number of tetrazole rings is 1. The zero-order valence-electron chi connectivity index (χ0n) is 11.0. The first-order valence-electron chi connectivity index (χ1n) is 5.95. The van der Waals surface area contributed by atoms with Gasteiger partial charge in [0.05, 0.1) is 19.8 Å². The van der Waals surface area contributed by atoms with Crippen LogP contribution in [0.4, 0.5) is 0 Å². The minimum Gasteiger partial charge on any atom is -0.468 e. The molecule has 1 saturated heterocycles. The van der Waals surface area contributed by atoms with E-state index in [9.17, 15) is 4.79 Å². The van der Waals surface area contributed by atoms with Gasteiger partial charge in [-0.25, -0.2) is 4.68 Å². The summed E-state index contributed by atoms with van der Waals surface area (Å²) < 4.78 is 11.7. The van der Waals surface area contributed by atoms with Crippen molar-refractivity contribution in [1.82, 2.24) is 25.1 Å². The molecule has 1 unspecified atom stereocenters. The van der Waals surface area contributed by atoms with Crippen molar-refractivity contribution in [3.8, 4) is 0 Å². The first-order valence-corrected chi connectivity index (χ1v) is 6.93. The number of esters is 1. The fraction of sp³-hybridized carbons (Fsp3) is 0.800. The first-order chi connectivity index (χ1) is 9.19. The Kier molecular flexibility index (Phi) is 5.11.